The Morgan fingerprint density at radius 2 is 1.98 bits per heavy atom. The third kappa shape index (κ3) is 5.20. The molecule has 41 heavy (non-hydrogen) atoms. The number of hydrogen-bond acceptors (Lipinski definition) is 7. The second-order valence-electron chi connectivity index (χ2n) is 11.5. The Hall–Kier alpha value is -4.16. The molecule has 0 radical (unpaired) electrons. The smallest absolute Gasteiger partial charge is 0.319 e. The second kappa shape index (κ2) is 11.0. The SMILES string of the molecule is [C-]#[N+]C[C@H]1CN(c2nc(O[C@@H]3C[C@H]3N(C)C)nc3c2CCN(c2cccc4cccc(C)c24)C3)CCN1C(=O)C=C. The molecule has 1 amide bonds. The van der Waals surface area contributed by atoms with Crippen LogP contribution in [0.25, 0.3) is 15.6 Å². The molecule has 9 heteroatoms. The number of piperazine rings is 1. The number of aromatic nitrogens is 2. The van der Waals surface area contributed by atoms with Gasteiger partial charge in [-0.1, -0.05) is 36.9 Å². The maximum absolute atomic E-state index is 12.5. The molecule has 3 aromatic rings. The summed E-state index contributed by atoms with van der Waals surface area (Å²) in [5.41, 5.74) is 4.60. The number of likely N-dealkylation sites (N-methyl/N-ethyl adjacent to an activating group) is 1. The van der Waals surface area contributed by atoms with Crippen molar-refractivity contribution < 1.29 is 9.53 Å². The molecule has 3 aliphatic rings. The van der Waals surface area contributed by atoms with Gasteiger partial charge in [-0.25, -0.2) is 6.57 Å². The highest BCUT2D eigenvalue weighted by Gasteiger charge is 2.42. The van der Waals surface area contributed by atoms with Crippen molar-refractivity contribution in [3.63, 3.8) is 0 Å². The molecule has 2 fully saturated rings. The van der Waals surface area contributed by atoms with E-state index < -0.39 is 0 Å². The van der Waals surface area contributed by atoms with Gasteiger partial charge in [0.15, 0.2) is 0 Å². The van der Waals surface area contributed by atoms with E-state index in [-0.39, 0.29) is 24.6 Å². The largest absolute Gasteiger partial charge is 0.458 e. The standard InChI is InChI=1S/C32H37N7O2/c1-6-29(40)39-16-15-38(19-23(39)18-33-3)31-24-13-14-37(26-12-8-11-22-10-7-9-21(2)30(22)26)20-25(24)34-32(35-31)41-28-17-27(28)36(4)5/h6-12,23,27-28H,1,13-20H2,2,4-5H3/t23-,27+,28+/m0/s1. The minimum atomic E-state index is -0.220. The van der Waals surface area contributed by atoms with Gasteiger partial charge in [-0.3, -0.25) is 4.79 Å². The predicted molar refractivity (Wildman–Crippen MR) is 161 cm³/mol. The molecule has 0 N–H and O–H groups in total. The highest BCUT2D eigenvalue weighted by atomic mass is 16.5. The van der Waals surface area contributed by atoms with Gasteiger partial charge in [-0.2, -0.15) is 9.97 Å². The van der Waals surface area contributed by atoms with Crippen LogP contribution in [0.5, 0.6) is 6.01 Å². The molecular formula is C32H37N7O2. The zero-order valence-corrected chi connectivity index (χ0v) is 24.1. The lowest BCUT2D eigenvalue weighted by atomic mass is 9.99. The van der Waals surface area contributed by atoms with E-state index in [0.717, 1.165) is 36.5 Å². The third-order valence-corrected chi connectivity index (χ3v) is 8.62. The van der Waals surface area contributed by atoms with Crippen LogP contribution in [0.4, 0.5) is 11.5 Å². The van der Waals surface area contributed by atoms with Crippen LogP contribution in [0.1, 0.15) is 23.2 Å². The second-order valence-corrected chi connectivity index (χ2v) is 11.5. The van der Waals surface area contributed by atoms with Gasteiger partial charge >= 0.3 is 6.01 Å². The molecule has 0 spiro atoms. The van der Waals surface area contributed by atoms with E-state index in [1.807, 2.05) is 0 Å². The average Bonchev–Trinajstić information content (AvgIpc) is 3.75. The van der Waals surface area contributed by atoms with Crippen LogP contribution in [0.15, 0.2) is 49.1 Å². The maximum atomic E-state index is 12.5. The van der Waals surface area contributed by atoms with Gasteiger partial charge in [0, 0.05) is 55.3 Å². The van der Waals surface area contributed by atoms with Crippen LogP contribution >= 0.6 is 0 Å². The summed E-state index contributed by atoms with van der Waals surface area (Å²) < 4.78 is 6.34. The van der Waals surface area contributed by atoms with E-state index in [4.69, 9.17) is 21.3 Å². The van der Waals surface area contributed by atoms with Crippen LogP contribution in [-0.4, -0.2) is 90.7 Å². The van der Waals surface area contributed by atoms with Gasteiger partial charge in [-0.15, -0.1) is 0 Å². The summed E-state index contributed by atoms with van der Waals surface area (Å²) in [5, 5.41) is 2.52. The highest BCUT2D eigenvalue weighted by Crippen LogP contribution is 2.37. The van der Waals surface area contributed by atoms with Crippen molar-refractivity contribution in [3.05, 3.63) is 77.3 Å². The summed E-state index contributed by atoms with van der Waals surface area (Å²) in [6.45, 7) is 16.8. The summed E-state index contributed by atoms with van der Waals surface area (Å²) in [4.78, 5) is 34.7. The molecule has 0 unspecified atom stereocenters. The number of anilines is 2. The van der Waals surface area contributed by atoms with Crippen molar-refractivity contribution in [1.82, 2.24) is 19.8 Å². The fourth-order valence-corrected chi connectivity index (χ4v) is 6.36. The number of nitrogens with zero attached hydrogens (tertiary/aromatic N) is 7. The van der Waals surface area contributed by atoms with Crippen LogP contribution in [0, 0.1) is 13.5 Å². The van der Waals surface area contributed by atoms with E-state index in [1.165, 1.54) is 28.1 Å². The highest BCUT2D eigenvalue weighted by molar-refractivity contribution is 5.97. The molecule has 9 nitrogen and oxygen atoms in total. The topological polar surface area (TPSA) is 69.4 Å². The van der Waals surface area contributed by atoms with Crippen LogP contribution in [0.3, 0.4) is 0 Å². The summed E-state index contributed by atoms with van der Waals surface area (Å²) in [5.74, 6) is 0.748. The monoisotopic (exact) mass is 551 g/mol. The van der Waals surface area contributed by atoms with E-state index >= 15 is 0 Å². The molecule has 2 aromatic carbocycles. The number of ether oxygens (including phenoxy) is 1. The molecular weight excluding hydrogens is 514 g/mol. The third-order valence-electron chi connectivity index (χ3n) is 8.62. The van der Waals surface area contributed by atoms with Crippen molar-refractivity contribution in [1.29, 1.82) is 0 Å². The first-order valence-corrected chi connectivity index (χ1v) is 14.3. The number of carbonyl (C=O) groups is 1. The normalized spacial score (nSPS) is 21.9. The molecule has 1 aromatic heterocycles. The molecule has 2 aliphatic heterocycles. The van der Waals surface area contributed by atoms with Crippen molar-refractivity contribution >= 4 is 28.2 Å². The molecule has 1 saturated carbocycles. The minimum Gasteiger partial charge on any atom is -0.458 e. The Morgan fingerprint density at radius 3 is 2.71 bits per heavy atom. The Balaban J connectivity index is 1.35. The first kappa shape index (κ1) is 27.0. The first-order valence-electron chi connectivity index (χ1n) is 14.3. The number of benzene rings is 2. The van der Waals surface area contributed by atoms with E-state index in [9.17, 15) is 4.79 Å². The summed E-state index contributed by atoms with van der Waals surface area (Å²) in [6.07, 6.45) is 3.18. The molecule has 6 rings (SSSR count). The van der Waals surface area contributed by atoms with Crippen molar-refractivity contribution in [2.24, 2.45) is 0 Å². The lowest BCUT2D eigenvalue weighted by molar-refractivity contribution is -0.128. The van der Waals surface area contributed by atoms with E-state index in [2.05, 4.69) is 83.5 Å². The first-order chi connectivity index (χ1) is 19.9. The van der Waals surface area contributed by atoms with Gasteiger partial charge in [0.1, 0.15) is 18.0 Å². The van der Waals surface area contributed by atoms with Crippen LogP contribution in [0.2, 0.25) is 0 Å². The molecule has 212 valence electrons. The van der Waals surface area contributed by atoms with Gasteiger partial charge < -0.3 is 29.2 Å². The Morgan fingerprint density at radius 1 is 1.17 bits per heavy atom. The molecule has 1 saturated heterocycles. The number of rotatable bonds is 7. The van der Waals surface area contributed by atoms with E-state index in [1.54, 1.807) is 4.90 Å². The molecule has 0 bridgehead atoms. The number of aryl methyl sites for hydroxylation is 1. The molecule has 3 heterocycles. The number of amides is 1. The van der Waals surface area contributed by atoms with E-state index in [0.29, 0.717) is 38.2 Å². The number of fused-ring (bicyclic) bond motifs is 2. The fourth-order valence-electron chi connectivity index (χ4n) is 6.36. The van der Waals surface area contributed by atoms with Crippen LogP contribution < -0.4 is 14.5 Å². The summed E-state index contributed by atoms with van der Waals surface area (Å²) in [6, 6.07) is 13.5. The van der Waals surface area contributed by atoms with Crippen molar-refractivity contribution in [3.8, 4) is 6.01 Å². The Labute approximate surface area is 241 Å². The minimum absolute atomic E-state index is 0.0771. The molecule has 1 aliphatic carbocycles. The lowest BCUT2D eigenvalue weighted by Gasteiger charge is -2.41. The van der Waals surface area contributed by atoms with Crippen LogP contribution in [-0.2, 0) is 17.8 Å². The summed E-state index contributed by atoms with van der Waals surface area (Å²) >= 11 is 0. The number of carbonyl (C=O) groups excluding carboxylic acids is 1. The summed E-state index contributed by atoms with van der Waals surface area (Å²) in [7, 11) is 4.14. The predicted octanol–water partition coefficient (Wildman–Crippen LogP) is 3.70. The maximum Gasteiger partial charge on any atom is 0.319 e. The average molecular weight is 552 g/mol. The number of hydrogen-bond donors (Lipinski definition) is 0. The zero-order chi connectivity index (χ0) is 28.7. The van der Waals surface area contributed by atoms with Gasteiger partial charge in [0.25, 0.3) is 0 Å². The van der Waals surface area contributed by atoms with Crippen molar-refractivity contribution in [2.45, 2.75) is 44.5 Å². The van der Waals surface area contributed by atoms with Gasteiger partial charge in [0.05, 0.1) is 12.2 Å². The van der Waals surface area contributed by atoms with Crippen molar-refractivity contribution in [2.75, 3.05) is 56.6 Å². The Kier molecular flexibility index (Phi) is 7.26. The van der Waals surface area contributed by atoms with Gasteiger partial charge in [0.2, 0.25) is 12.5 Å². The van der Waals surface area contributed by atoms with Gasteiger partial charge in [-0.05, 0) is 50.5 Å². The Bertz CT molecular complexity index is 1530. The quantitative estimate of drug-likeness (QED) is 0.328. The fraction of sp³-hybridized carbons (Fsp3) is 0.438. The molecule has 3 atom stereocenters. The zero-order valence-electron chi connectivity index (χ0n) is 24.1. The lowest BCUT2D eigenvalue weighted by Crippen LogP contribution is -2.56.